The molecule has 0 spiro atoms. The van der Waals surface area contributed by atoms with E-state index in [0.29, 0.717) is 6.10 Å². The van der Waals surface area contributed by atoms with Crippen LogP contribution in [0.15, 0.2) is 0 Å². The molecule has 0 amide bonds. The Morgan fingerprint density at radius 3 is 3.08 bits per heavy atom. The second-order valence-corrected chi connectivity index (χ2v) is 3.63. The van der Waals surface area contributed by atoms with Crippen LogP contribution in [0, 0.1) is 0 Å². The van der Waals surface area contributed by atoms with Gasteiger partial charge in [-0.1, -0.05) is 19.8 Å². The molecule has 1 atom stereocenters. The summed E-state index contributed by atoms with van der Waals surface area (Å²) in [5.74, 6) is 0. The summed E-state index contributed by atoms with van der Waals surface area (Å²) in [7, 11) is 0. The third-order valence-electron chi connectivity index (χ3n) is 2.39. The summed E-state index contributed by atoms with van der Waals surface area (Å²) in [4.78, 5) is 0. The molecule has 3 nitrogen and oxygen atoms in total. The second-order valence-electron chi connectivity index (χ2n) is 3.63. The van der Waals surface area contributed by atoms with Gasteiger partial charge in [0, 0.05) is 6.54 Å². The average molecular weight is 186 g/mol. The fourth-order valence-electron chi connectivity index (χ4n) is 1.52. The summed E-state index contributed by atoms with van der Waals surface area (Å²) in [6.07, 6.45) is 5.48. The van der Waals surface area contributed by atoms with Crippen molar-refractivity contribution < 1.29 is 4.74 Å². The van der Waals surface area contributed by atoms with E-state index in [0.717, 1.165) is 32.8 Å². The monoisotopic (exact) mass is 186 g/mol. The molecular formula is C10H22N2O. The van der Waals surface area contributed by atoms with Gasteiger partial charge in [-0.25, -0.2) is 0 Å². The SMILES string of the molecule is CCCCCNCO[C@@H]1CCNC1. The quantitative estimate of drug-likeness (QED) is 0.461. The molecule has 0 saturated carbocycles. The molecule has 1 fully saturated rings. The lowest BCUT2D eigenvalue weighted by molar-refractivity contribution is 0.0536. The van der Waals surface area contributed by atoms with Gasteiger partial charge in [0.25, 0.3) is 0 Å². The van der Waals surface area contributed by atoms with E-state index in [2.05, 4.69) is 17.6 Å². The van der Waals surface area contributed by atoms with Crippen LogP contribution in [0.4, 0.5) is 0 Å². The molecule has 13 heavy (non-hydrogen) atoms. The minimum atomic E-state index is 0.443. The zero-order valence-corrected chi connectivity index (χ0v) is 8.64. The number of hydrogen-bond acceptors (Lipinski definition) is 3. The summed E-state index contributed by atoms with van der Waals surface area (Å²) >= 11 is 0. The summed E-state index contributed by atoms with van der Waals surface area (Å²) in [5, 5.41) is 6.58. The molecule has 0 unspecified atom stereocenters. The van der Waals surface area contributed by atoms with Gasteiger partial charge in [0.2, 0.25) is 0 Å². The van der Waals surface area contributed by atoms with Crippen LogP contribution < -0.4 is 10.6 Å². The van der Waals surface area contributed by atoms with Crippen LogP contribution in [-0.2, 0) is 4.74 Å². The fraction of sp³-hybridized carbons (Fsp3) is 1.00. The maximum absolute atomic E-state index is 5.61. The zero-order chi connectivity index (χ0) is 9.36. The van der Waals surface area contributed by atoms with Crippen LogP contribution in [0.25, 0.3) is 0 Å². The standard InChI is InChI=1S/C10H22N2O/c1-2-3-4-6-12-9-13-10-5-7-11-8-10/h10-12H,2-9H2,1H3/t10-/m1/s1. The van der Waals surface area contributed by atoms with Crippen LogP contribution in [0.3, 0.4) is 0 Å². The van der Waals surface area contributed by atoms with Crippen LogP contribution in [0.5, 0.6) is 0 Å². The molecule has 78 valence electrons. The zero-order valence-electron chi connectivity index (χ0n) is 8.64. The third kappa shape index (κ3) is 5.24. The van der Waals surface area contributed by atoms with Crippen molar-refractivity contribution in [3.8, 4) is 0 Å². The van der Waals surface area contributed by atoms with E-state index >= 15 is 0 Å². The topological polar surface area (TPSA) is 33.3 Å². The van der Waals surface area contributed by atoms with Crippen molar-refractivity contribution in [3.05, 3.63) is 0 Å². The predicted molar refractivity (Wildman–Crippen MR) is 54.8 cm³/mol. The Morgan fingerprint density at radius 1 is 1.46 bits per heavy atom. The molecule has 0 bridgehead atoms. The Balaban J connectivity index is 1.78. The van der Waals surface area contributed by atoms with E-state index in [4.69, 9.17) is 4.74 Å². The smallest absolute Gasteiger partial charge is 0.0969 e. The fourth-order valence-corrected chi connectivity index (χ4v) is 1.52. The van der Waals surface area contributed by atoms with Gasteiger partial charge in [-0.2, -0.15) is 0 Å². The van der Waals surface area contributed by atoms with Gasteiger partial charge in [-0.3, -0.25) is 5.32 Å². The van der Waals surface area contributed by atoms with Gasteiger partial charge in [-0.15, -0.1) is 0 Å². The Kier molecular flexibility index (Phi) is 6.15. The molecule has 0 aromatic rings. The molecule has 1 heterocycles. The van der Waals surface area contributed by atoms with E-state index in [9.17, 15) is 0 Å². The van der Waals surface area contributed by atoms with Gasteiger partial charge in [-0.05, 0) is 25.9 Å². The van der Waals surface area contributed by atoms with Gasteiger partial charge < -0.3 is 10.1 Å². The molecule has 0 aliphatic carbocycles. The number of ether oxygens (including phenoxy) is 1. The second kappa shape index (κ2) is 7.30. The summed E-state index contributed by atoms with van der Waals surface area (Å²) < 4.78 is 5.61. The van der Waals surface area contributed by atoms with E-state index < -0.39 is 0 Å². The predicted octanol–water partition coefficient (Wildman–Crippen LogP) is 1.10. The lowest BCUT2D eigenvalue weighted by atomic mass is 10.2. The molecule has 2 N–H and O–H groups in total. The van der Waals surface area contributed by atoms with Crippen molar-refractivity contribution >= 4 is 0 Å². The van der Waals surface area contributed by atoms with E-state index in [-0.39, 0.29) is 0 Å². The van der Waals surface area contributed by atoms with Crippen LogP contribution >= 0.6 is 0 Å². The highest BCUT2D eigenvalue weighted by Crippen LogP contribution is 2.01. The normalized spacial score (nSPS) is 22.4. The first-order chi connectivity index (χ1) is 6.43. The van der Waals surface area contributed by atoms with Gasteiger partial charge >= 0.3 is 0 Å². The van der Waals surface area contributed by atoms with Crippen LogP contribution in [-0.4, -0.2) is 32.5 Å². The molecule has 1 aliphatic heterocycles. The Bertz CT molecular complexity index is 113. The maximum atomic E-state index is 5.61. The van der Waals surface area contributed by atoms with Gasteiger partial charge in [0.1, 0.15) is 0 Å². The molecule has 3 heteroatoms. The van der Waals surface area contributed by atoms with E-state index in [1.807, 2.05) is 0 Å². The molecule has 1 rings (SSSR count). The lowest BCUT2D eigenvalue weighted by Crippen LogP contribution is -2.25. The molecular weight excluding hydrogens is 164 g/mol. The first-order valence-corrected chi connectivity index (χ1v) is 5.46. The van der Waals surface area contributed by atoms with Crippen molar-refractivity contribution in [1.29, 1.82) is 0 Å². The number of rotatable bonds is 7. The van der Waals surface area contributed by atoms with Crippen molar-refractivity contribution in [2.75, 3.05) is 26.4 Å². The van der Waals surface area contributed by atoms with Crippen molar-refractivity contribution in [2.45, 2.75) is 38.7 Å². The molecule has 1 saturated heterocycles. The van der Waals surface area contributed by atoms with Crippen molar-refractivity contribution in [2.24, 2.45) is 0 Å². The number of hydrogen-bond donors (Lipinski definition) is 2. The van der Waals surface area contributed by atoms with E-state index in [1.165, 1.54) is 19.3 Å². The number of unbranched alkanes of at least 4 members (excludes halogenated alkanes) is 2. The average Bonchev–Trinajstić information content (AvgIpc) is 2.63. The Morgan fingerprint density at radius 2 is 2.38 bits per heavy atom. The van der Waals surface area contributed by atoms with Crippen molar-refractivity contribution in [1.82, 2.24) is 10.6 Å². The molecule has 0 radical (unpaired) electrons. The third-order valence-corrected chi connectivity index (χ3v) is 2.39. The minimum Gasteiger partial charge on any atom is -0.362 e. The van der Waals surface area contributed by atoms with E-state index in [1.54, 1.807) is 0 Å². The Hall–Kier alpha value is -0.120. The molecule has 1 aliphatic rings. The highest BCUT2D eigenvalue weighted by atomic mass is 16.5. The number of nitrogens with one attached hydrogen (secondary N) is 2. The first kappa shape index (κ1) is 11.0. The largest absolute Gasteiger partial charge is 0.362 e. The molecule has 0 aromatic heterocycles. The highest BCUT2D eigenvalue weighted by Gasteiger charge is 2.13. The van der Waals surface area contributed by atoms with Crippen LogP contribution in [0.1, 0.15) is 32.6 Å². The minimum absolute atomic E-state index is 0.443. The molecule has 0 aromatic carbocycles. The summed E-state index contributed by atoms with van der Waals surface area (Å²) in [5.41, 5.74) is 0. The van der Waals surface area contributed by atoms with Gasteiger partial charge in [0.05, 0.1) is 12.8 Å². The van der Waals surface area contributed by atoms with Crippen LogP contribution in [0.2, 0.25) is 0 Å². The summed E-state index contributed by atoms with van der Waals surface area (Å²) in [6, 6.07) is 0. The summed E-state index contributed by atoms with van der Waals surface area (Å²) in [6.45, 7) is 6.17. The first-order valence-electron chi connectivity index (χ1n) is 5.46. The highest BCUT2D eigenvalue weighted by molar-refractivity contribution is 4.70. The maximum Gasteiger partial charge on any atom is 0.0969 e. The van der Waals surface area contributed by atoms with Crippen molar-refractivity contribution in [3.63, 3.8) is 0 Å². The Labute approximate surface area is 81.2 Å². The van der Waals surface area contributed by atoms with Gasteiger partial charge in [0.15, 0.2) is 0 Å². The lowest BCUT2D eigenvalue weighted by Gasteiger charge is -2.10.